The van der Waals surface area contributed by atoms with E-state index in [1.807, 2.05) is 48.4 Å². The fraction of sp³-hybridized carbons (Fsp3) is 0.400. The van der Waals surface area contributed by atoms with Gasteiger partial charge in [-0.15, -0.1) is 12.4 Å². The molecule has 0 saturated heterocycles. The predicted octanol–water partition coefficient (Wildman–Crippen LogP) is 3.93. The van der Waals surface area contributed by atoms with Crippen LogP contribution in [-0.4, -0.2) is 16.2 Å². The molecule has 0 atom stereocenters. The van der Waals surface area contributed by atoms with E-state index in [0.717, 1.165) is 30.0 Å². The Morgan fingerprint density at radius 3 is 2.42 bits per heavy atom. The first kappa shape index (κ1) is 15.6. The molecule has 0 saturated carbocycles. The summed E-state index contributed by atoms with van der Waals surface area (Å²) in [7, 11) is 1.97. The van der Waals surface area contributed by atoms with Crippen LogP contribution in [0, 0.1) is 5.92 Å². The van der Waals surface area contributed by atoms with Gasteiger partial charge in [0.25, 0.3) is 0 Å². The lowest BCUT2D eigenvalue weighted by Gasteiger charge is -2.08. The quantitative estimate of drug-likeness (QED) is 0.830. The molecule has 0 aliphatic rings. The van der Waals surface area contributed by atoms with Crippen molar-refractivity contribution in [1.29, 1.82) is 0 Å². The number of aryl methyl sites for hydroxylation is 1. The Balaban J connectivity index is 0.00000180. The topological polar surface area (TPSA) is 27.1 Å². The SMILES string of the molecule is CC(C)CCOc1ccc(-c2cn(C)cn2)cc1.Cl. The summed E-state index contributed by atoms with van der Waals surface area (Å²) >= 11 is 0. The number of hydrogen-bond donors (Lipinski definition) is 0. The van der Waals surface area contributed by atoms with Crippen molar-refractivity contribution in [2.75, 3.05) is 6.61 Å². The molecular weight excluding hydrogens is 260 g/mol. The predicted molar refractivity (Wildman–Crippen MR) is 80.8 cm³/mol. The molecule has 1 aromatic heterocycles. The van der Waals surface area contributed by atoms with E-state index in [9.17, 15) is 0 Å². The third-order valence-electron chi connectivity index (χ3n) is 2.82. The zero-order chi connectivity index (χ0) is 13.0. The number of imidazole rings is 1. The number of halogens is 1. The van der Waals surface area contributed by atoms with E-state index in [-0.39, 0.29) is 12.4 Å². The lowest BCUT2D eigenvalue weighted by Crippen LogP contribution is -2.01. The largest absolute Gasteiger partial charge is 0.494 e. The van der Waals surface area contributed by atoms with E-state index in [1.54, 1.807) is 0 Å². The van der Waals surface area contributed by atoms with Crippen LogP contribution in [0.4, 0.5) is 0 Å². The van der Waals surface area contributed by atoms with Gasteiger partial charge in [-0.25, -0.2) is 4.98 Å². The summed E-state index contributed by atoms with van der Waals surface area (Å²) in [4.78, 5) is 4.32. The Morgan fingerprint density at radius 1 is 1.21 bits per heavy atom. The van der Waals surface area contributed by atoms with Crippen LogP contribution in [-0.2, 0) is 7.05 Å². The Labute approximate surface area is 121 Å². The summed E-state index contributed by atoms with van der Waals surface area (Å²) in [5.41, 5.74) is 2.11. The molecule has 2 rings (SSSR count). The molecule has 19 heavy (non-hydrogen) atoms. The van der Waals surface area contributed by atoms with Crippen molar-refractivity contribution in [1.82, 2.24) is 9.55 Å². The van der Waals surface area contributed by atoms with Crippen molar-refractivity contribution in [3.63, 3.8) is 0 Å². The molecule has 0 amide bonds. The minimum Gasteiger partial charge on any atom is -0.494 e. The number of rotatable bonds is 5. The Morgan fingerprint density at radius 2 is 1.89 bits per heavy atom. The average Bonchev–Trinajstić information content (AvgIpc) is 2.76. The minimum atomic E-state index is 0. The maximum absolute atomic E-state index is 5.69. The number of ether oxygens (including phenoxy) is 1. The van der Waals surface area contributed by atoms with Crippen molar-refractivity contribution in [3.8, 4) is 17.0 Å². The van der Waals surface area contributed by atoms with Crippen molar-refractivity contribution in [3.05, 3.63) is 36.8 Å². The van der Waals surface area contributed by atoms with E-state index in [4.69, 9.17) is 4.74 Å². The highest BCUT2D eigenvalue weighted by molar-refractivity contribution is 5.85. The van der Waals surface area contributed by atoms with Crippen LogP contribution in [0.1, 0.15) is 20.3 Å². The van der Waals surface area contributed by atoms with Crippen LogP contribution >= 0.6 is 12.4 Å². The highest BCUT2D eigenvalue weighted by Gasteiger charge is 2.01. The van der Waals surface area contributed by atoms with Crippen molar-refractivity contribution < 1.29 is 4.74 Å². The van der Waals surface area contributed by atoms with E-state index in [2.05, 4.69) is 18.8 Å². The first-order chi connectivity index (χ1) is 8.65. The van der Waals surface area contributed by atoms with Crippen LogP contribution in [0.2, 0.25) is 0 Å². The lowest BCUT2D eigenvalue weighted by atomic mass is 10.1. The Hall–Kier alpha value is -1.48. The Kier molecular flexibility index (Phi) is 5.90. The first-order valence-corrected chi connectivity index (χ1v) is 6.36. The molecule has 0 bridgehead atoms. The highest BCUT2D eigenvalue weighted by atomic mass is 35.5. The fourth-order valence-electron chi connectivity index (χ4n) is 1.70. The number of hydrogen-bond acceptors (Lipinski definition) is 2. The van der Waals surface area contributed by atoms with E-state index in [0.29, 0.717) is 5.92 Å². The van der Waals surface area contributed by atoms with E-state index in [1.165, 1.54) is 0 Å². The molecule has 0 unspecified atom stereocenters. The number of nitrogens with zero attached hydrogens (tertiary/aromatic N) is 2. The first-order valence-electron chi connectivity index (χ1n) is 6.36. The Bertz CT molecular complexity index is 491. The summed E-state index contributed by atoms with van der Waals surface area (Å²) in [5, 5.41) is 0. The second-order valence-electron chi connectivity index (χ2n) is 4.98. The van der Waals surface area contributed by atoms with Crippen LogP contribution in [0.5, 0.6) is 5.75 Å². The van der Waals surface area contributed by atoms with Gasteiger partial charge in [-0.3, -0.25) is 0 Å². The van der Waals surface area contributed by atoms with Crippen LogP contribution in [0.25, 0.3) is 11.3 Å². The van der Waals surface area contributed by atoms with Crippen LogP contribution < -0.4 is 4.74 Å². The summed E-state index contributed by atoms with van der Waals surface area (Å²) in [6.45, 7) is 5.18. The van der Waals surface area contributed by atoms with Gasteiger partial charge in [-0.05, 0) is 36.6 Å². The van der Waals surface area contributed by atoms with Gasteiger partial charge in [0.2, 0.25) is 0 Å². The van der Waals surface area contributed by atoms with Gasteiger partial charge in [0.05, 0.1) is 18.6 Å². The summed E-state index contributed by atoms with van der Waals surface area (Å²) in [5.74, 6) is 1.60. The zero-order valence-electron chi connectivity index (χ0n) is 11.7. The molecule has 0 aliphatic heterocycles. The second kappa shape index (κ2) is 7.19. The molecule has 1 heterocycles. The molecule has 0 N–H and O–H groups in total. The molecule has 1 aromatic carbocycles. The zero-order valence-corrected chi connectivity index (χ0v) is 12.5. The molecule has 0 aliphatic carbocycles. The van der Waals surface area contributed by atoms with E-state index >= 15 is 0 Å². The molecule has 104 valence electrons. The van der Waals surface area contributed by atoms with Gasteiger partial charge >= 0.3 is 0 Å². The lowest BCUT2D eigenvalue weighted by molar-refractivity contribution is 0.289. The number of benzene rings is 1. The van der Waals surface area contributed by atoms with Gasteiger partial charge in [0, 0.05) is 18.8 Å². The molecule has 3 nitrogen and oxygen atoms in total. The van der Waals surface area contributed by atoms with Crippen LogP contribution in [0.15, 0.2) is 36.8 Å². The minimum absolute atomic E-state index is 0. The monoisotopic (exact) mass is 280 g/mol. The molecule has 0 fully saturated rings. The summed E-state index contributed by atoms with van der Waals surface area (Å²) in [6.07, 6.45) is 4.90. The molecular formula is C15H21ClN2O. The molecule has 2 aromatic rings. The normalized spacial score (nSPS) is 10.3. The van der Waals surface area contributed by atoms with Crippen LogP contribution in [0.3, 0.4) is 0 Å². The van der Waals surface area contributed by atoms with Crippen molar-refractivity contribution in [2.24, 2.45) is 13.0 Å². The van der Waals surface area contributed by atoms with Gasteiger partial charge in [0.15, 0.2) is 0 Å². The smallest absolute Gasteiger partial charge is 0.119 e. The molecule has 4 heteroatoms. The van der Waals surface area contributed by atoms with Gasteiger partial charge in [-0.2, -0.15) is 0 Å². The summed E-state index contributed by atoms with van der Waals surface area (Å²) < 4.78 is 7.63. The highest BCUT2D eigenvalue weighted by Crippen LogP contribution is 2.20. The second-order valence-corrected chi connectivity index (χ2v) is 4.98. The molecule has 0 spiro atoms. The average molecular weight is 281 g/mol. The van der Waals surface area contributed by atoms with Gasteiger partial charge < -0.3 is 9.30 Å². The van der Waals surface area contributed by atoms with E-state index < -0.39 is 0 Å². The maximum atomic E-state index is 5.69. The van der Waals surface area contributed by atoms with Gasteiger partial charge in [0.1, 0.15) is 5.75 Å². The van der Waals surface area contributed by atoms with Gasteiger partial charge in [-0.1, -0.05) is 13.8 Å². The third kappa shape index (κ3) is 4.60. The third-order valence-corrected chi connectivity index (χ3v) is 2.82. The fourth-order valence-corrected chi connectivity index (χ4v) is 1.70. The standard InChI is InChI=1S/C15H20N2O.ClH/c1-12(2)8-9-18-14-6-4-13(5-7-14)15-10-17(3)11-16-15;/h4-7,10-12H,8-9H2,1-3H3;1H. The summed E-state index contributed by atoms with van der Waals surface area (Å²) in [6, 6.07) is 8.11. The molecule has 0 radical (unpaired) electrons. The van der Waals surface area contributed by atoms with Crippen molar-refractivity contribution in [2.45, 2.75) is 20.3 Å². The maximum Gasteiger partial charge on any atom is 0.119 e. The number of aromatic nitrogens is 2. The van der Waals surface area contributed by atoms with Crippen molar-refractivity contribution >= 4 is 12.4 Å².